The molecule has 116 valence electrons. The number of terminal acetylenes is 1. The maximum atomic E-state index is 14.1. The number of amides is 1. The summed E-state index contributed by atoms with van der Waals surface area (Å²) < 4.78 is 32.8. The Hall–Kier alpha value is -2.44. The first kappa shape index (κ1) is 15.5. The molecule has 0 N–H and O–H groups in total. The van der Waals surface area contributed by atoms with E-state index in [-0.39, 0.29) is 16.9 Å². The van der Waals surface area contributed by atoms with E-state index < -0.39 is 17.5 Å². The van der Waals surface area contributed by atoms with Crippen LogP contribution in [0.2, 0.25) is 0 Å². The van der Waals surface area contributed by atoms with E-state index in [2.05, 4.69) is 20.5 Å². The number of rotatable bonds is 2. The van der Waals surface area contributed by atoms with Gasteiger partial charge in [-0.3, -0.25) is 4.79 Å². The number of halogens is 2. The molecule has 23 heavy (non-hydrogen) atoms. The lowest BCUT2D eigenvalue weighted by molar-refractivity contribution is 0.100. The average molecular weight is 350 g/mol. The van der Waals surface area contributed by atoms with E-state index in [1.54, 1.807) is 6.92 Å². The molecule has 0 fully saturated rings. The van der Waals surface area contributed by atoms with E-state index in [0.717, 1.165) is 28.9 Å². The SMILES string of the molecule is C#CCn1c(=NC(=O)c2snnc2C)sc2cc(F)cc(F)c21. The number of carbonyl (C=O) groups excluding carboxylic acids is 1. The smallest absolute Gasteiger partial charge is 0.293 e. The molecule has 1 aromatic carbocycles. The van der Waals surface area contributed by atoms with Crippen LogP contribution in [0.3, 0.4) is 0 Å². The minimum atomic E-state index is -0.754. The van der Waals surface area contributed by atoms with E-state index in [4.69, 9.17) is 6.42 Å². The first-order valence-corrected chi connectivity index (χ1v) is 7.90. The molecule has 3 rings (SSSR count). The van der Waals surface area contributed by atoms with Crippen molar-refractivity contribution in [2.45, 2.75) is 13.5 Å². The van der Waals surface area contributed by atoms with Crippen molar-refractivity contribution in [2.24, 2.45) is 4.99 Å². The van der Waals surface area contributed by atoms with Crippen LogP contribution in [0.1, 0.15) is 15.4 Å². The monoisotopic (exact) mass is 350 g/mol. The van der Waals surface area contributed by atoms with Gasteiger partial charge in [0, 0.05) is 6.07 Å². The summed E-state index contributed by atoms with van der Waals surface area (Å²) in [5.41, 5.74) is 0.589. The minimum absolute atomic E-state index is 0.00852. The fraction of sp³-hybridized carbons (Fsp3) is 0.143. The molecule has 9 heteroatoms. The van der Waals surface area contributed by atoms with Crippen LogP contribution >= 0.6 is 22.9 Å². The molecule has 0 spiro atoms. The number of thiazole rings is 1. The van der Waals surface area contributed by atoms with Crippen molar-refractivity contribution in [1.29, 1.82) is 0 Å². The largest absolute Gasteiger partial charge is 0.302 e. The third-order valence-electron chi connectivity index (χ3n) is 2.99. The van der Waals surface area contributed by atoms with Crippen molar-refractivity contribution >= 4 is 39.0 Å². The van der Waals surface area contributed by atoms with Gasteiger partial charge in [0.2, 0.25) is 0 Å². The van der Waals surface area contributed by atoms with Crippen LogP contribution in [-0.4, -0.2) is 20.1 Å². The number of hydrogen-bond donors (Lipinski definition) is 0. The van der Waals surface area contributed by atoms with Gasteiger partial charge in [-0.05, 0) is 24.5 Å². The topological polar surface area (TPSA) is 60.1 Å². The number of hydrogen-bond acceptors (Lipinski definition) is 5. The molecule has 0 radical (unpaired) electrons. The maximum Gasteiger partial charge on any atom is 0.293 e. The number of carbonyl (C=O) groups is 1. The summed E-state index contributed by atoms with van der Waals surface area (Å²) in [6, 6.07) is 1.95. The van der Waals surface area contributed by atoms with Gasteiger partial charge in [0.05, 0.1) is 22.5 Å². The molecule has 0 unspecified atom stereocenters. The van der Waals surface area contributed by atoms with Gasteiger partial charge in [-0.1, -0.05) is 21.7 Å². The van der Waals surface area contributed by atoms with Crippen molar-refractivity contribution < 1.29 is 13.6 Å². The molecule has 0 saturated carbocycles. The highest BCUT2D eigenvalue weighted by Gasteiger charge is 2.16. The van der Waals surface area contributed by atoms with Crippen molar-refractivity contribution in [3.63, 3.8) is 0 Å². The summed E-state index contributed by atoms with van der Waals surface area (Å²) in [7, 11) is 0. The lowest BCUT2D eigenvalue weighted by Gasteiger charge is -2.01. The van der Waals surface area contributed by atoms with E-state index in [9.17, 15) is 13.6 Å². The highest BCUT2D eigenvalue weighted by atomic mass is 32.1. The number of nitrogens with zero attached hydrogens (tertiary/aromatic N) is 4. The number of benzene rings is 1. The molecular formula is C14H8F2N4OS2. The Balaban J connectivity index is 2.25. The molecule has 2 heterocycles. The second kappa shape index (κ2) is 5.98. The fourth-order valence-electron chi connectivity index (χ4n) is 2.02. The molecule has 3 aromatic rings. The molecular weight excluding hydrogens is 342 g/mol. The Morgan fingerprint density at radius 2 is 2.26 bits per heavy atom. The maximum absolute atomic E-state index is 14.1. The highest BCUT2D eigenvalue weighted by molar-refractivity contribution is 7.16. The van der Waals surface area contributed by atoms with Gasteiger partial charge in [0.15, 0.2) is 10.6 Å². The first-order chi connectivity index (χ1) is 11.0. The van der Waals surface area contributed by atoms with Gasteiger partial charge in [0.1, 0.15) is 10.7 Å². The van der Waals surface area contributed by atoms with E-state index in [0.29, 0.717) is 15.3 Å². The van der Waals surface area contributed by atoms with Crippen LogP contribution in [0.15, 0.2) is 17.1 Å². The third-order valence-corrected chi connectivity index (χ3v) is 4.83. The predicted octanol–water partition coefficient (Wildman–Crippen LogP) is 2.52. The molecule has 5 nitrogen and oxygen atoms in total. The first-order valence-electron chi connectivity index (χ1n) is 6.31. The summed E-state index contributed by atoms with van der Waals surface area (Å²) in [6.45, 7) is 1.65. The molecule has 0 aliphatic rings. The van der Waals surface area contributed by atoms with Crippen molar-refractivity contribution in [3.05, 3.63) is 39.1 Å². The zero-order chi connectivity index (χ0) is 16.6. The molecule has 0 aliphatic carbocycles. The standard InChI is InChI=1S/C14H8F2N4OS2/c1-3-4-20-11-9(16)5-8(15)6-10(11)22-14(20)17-13(21)12-7(2)18-19-23-12/h1,5-6H,4H2,2H3. The Morgan fingerprint density at radius 3 is 2.91 bits per heavy atom. The van der Waals surface area contributed by atoms with Crippen molar-refractivity contribution in [2.75, 3.05) is 0 Å². The molecule has 0 saturated heterocycles. The summed E-state index contributed by atoms with van der Waals surface area (Å²) >= 11 is 1.91. The predicted molar refractivity (Wildman–Crippen MR) is 83.1 cm³/mol. The average Bonchev–Trinajstić information content (AvgIpc) is 3.04. The number of fused-ring (bicyclic) bond motifs is 1. The van der Waals surface area contributed by atoms with E-state index >= 15 is 0 Å². The van der Waals surface area contributed by atoms with Crippen molar-refractivity contribution in [3.8, 4) is 12.3 Å². The third kappa shape index (κ3) is 2.78. The van der Waals surface area contributed by atoms with Crippen LogP contribution in [0.4, 0.5) is 8.78 Å². The zero-order valence-corrected chi connectivity index (χ0v) is 13.3. The summed E-state index contributed by atoms with van der Waals surface area (Å²) in [6.07, 6.45) is 5.30. The molecule has 2 aromatic heterocycles. The minimum Gasteiger partial charge on any atom is -0.302 e. The molecule has 0 aliphatic heterocycles. The highest BCUT2D eigenvalue weighted by Crippen LogP contribution is 2.22. The van der Waals surface area contributed by atoms with Gasteiger partial charge in [0.25, 0.3) is 5.91 Å². The lowest BCUT2D eigenvalue weighted by Crippen LogP contribution is -2.17. The van der Waals surface area contributed by atoms with Gasteiger partial charge >= 0.3 is 0 Å². The van der Waals surface area contributed by atoms with Crippen LogP contribution < -0.4 is 4.80 Å². The van der Waals surface area contributed by atoms with Crippen LogP contribution in [0.25, 0.3) is 10.2 Å². The number of aromatic nitrogens is 3. The summed E-state index contributed by atoms with van der Waals surface area (Å²) in [5, 5.41) is 3.75. The van der Waals surface area contributed by atoms with Crippen LogP contribution in [-0.2, 0) is 6.54 Å². The van der Waals surface area contributed by atoms with Crippen LogP contribution in [0, 0.1) is 30.9 Å². The Labute approximate surface area is 137 Å². The van der Waals surface area contributed by atoms with E-state index in [1.807, 2.05) is 0 Å². The quantitative estimate of drug-likeness (QED) is 0.667. The van der Waals surface area contributed by atoms with Gasteiger partial charge < -0.3 is 4.57 Å². The second-order valence-electron chi connectivity index (χ2n) is 4.51. The Morgan fingerprint density at radius 1 is 1.48 bits per heavy atom. The van der Waals surface area contributed by atoms with Gasteiger partial charge in [-0.15, -0.1) is 11.5 Å². The molecule has 0 atom stereocenters. The normalized spacial score (nSPS) is 11.8. The van der Waals surface area contributed by atoms with Crippen LogP contribution in [0.5, 0.6) is 0 Å². The lowest BCUT2D eigenvalue weighted by atomic mass is 10.3. The number of aryl methyl sites for hydroxylation is 1. The van der Waals surface area contributed by atoms with E-state index in [1.165, 1.54) is 10.6 Å². The summed E-state index contributed by atoms with van der Waals surface area (Å²) in [4.78, 5) is 16.7. The van der Waals surface area contributed by atoms with Gasteiger partial charge in [-0.25, -0.2) is 8.78 Å². The molecule has 0 bridgehead atoms. The Bertz CT molecular complexity index is 1030. The van der Waals surface area contributed by atoms with Crippen molar-refractivity contribution in [1.82, 2.24) is 14.2 Å². The Kier molecular flexibility index (Phi) is 4.02. The second-order valence-corrected chi connectivity index (χ2v) is 6.28. The van der Waals surface area contributed by atoms with Gasteiger partial charge in [-0.2, -0.15) is 4.99 Å². The molecule has 1 amide bonds. The fourth-order valence-corrected chi connectivity index (χ4v) is 3.63. The summed E-state index contributed by atoms with van der Waals surface area (Å²) in [5.74, 6) is 0.376. The zero-order valence-electron chi connectivity index (χ0n) is 11.7.